The maximum absolute atomic E-state index is 6.10. The Labute approximate surface area is 139 Å². The van der Waals surface area contributed by atoms with Gasteiger partial charge in [-0.05, 0) is 12.5 Å². The first-order chi connectivity index (χ1) is 11.3. The van der Waals surface area contributed by atoms with E-state index >= 15 is 0 Å². The zero-order valence-corrected chi connectivity index (χ0v) is 13.9. The molecule has 2 N–H and O–H groups in total. The lowest BCUT2D eigenvalue weighted by Crippen LogP contribution is -2.51. The predicted molar refractivity (Wildman–Crippen MR) is 90.4 cm³/mol. The van der Waals surface area contributed by atoms with E-state index in [2.05, 4.69) is 41.9 Å². The molecule has 0 radical (unpaired) electrons. The molecule has 23 heavy (non-hydrogen) atoms. The first-order valence-electron chi connectivity index (χ1n) is 7.64. The van der Waals surface area contributed by atoms with E-state index in [4.69, 9.17) is 5.73 Å². The predicted octanol–water partition coefficient (Wildman–Crippen LogP) is 0.527. The van der Waals surface area contributed by atoms with E-state index in [0.29, 0.717) is 12.5 Å². The van der Waals surface area contributed by atoms with Crippen molar-refractivity contribution in [1.82, 2.24) is 25.1 Å². The minimum Gasteiger partial charge on any atom is -0.370 e. The third kappa shape index (κ3) is 3.92. The third-order valence-corrected chi connectivity index (χ3v) is 4.68. The summed E-state index contributed by atoms with van der Waals surface area (Å²) in [6.07, 6.45) is 4.43. The van der Waals surface area contributed by atoms with Gasteiger partial charge in [0.15, 0.2) is 5.96 Å². The molecule has 3 rings (SSSR count). The molecule has 0 amide bonds. The minimum atomic E-state index is 0.492. The Kier molecular flexibility index (Phi) is 4.96. The third-order valence-electron chi connectivity index (χ3n) is 3.63. The summed E-state index contributed by atoms with van der Waals surface area (Å²) in [5.41, 5.74) is 6.10. The van der Waals surface area contributed by atoms with Crippen molar-refractivity contribution in [2.24, 2.45) is 10.7 Å². The van der Waals surface area contributed by atoms with Gasteiger partial charge < -0.3 is 15.5 Å². The second-order valence-corrected chi connectivity index (χ2v) is 6.29. The van der Waals surface area contributed by atoms with Crippen LogP contribution in [0.2, 0.25) is 0 Å². The maximum atomic E-state index is 6.10. The number of aryl methyl sites for hydroxylation is 1. The summed E-state index contributed by atoms with van der Waals surface area (Å²) in [4.78, 5) is 17.2. The van der Waals surface area contributed by atoms with Gasteiger partial charge in [0.2, 0.25) is 5.95 Å². The summed E-state index contributed by atoms with van der Waals surface area (Å²) in [6, 6.07) is 1.82. The van der Waals surface area contributed by atoms with E-state index in [-0.39, 0.29) is 0 Å². The van der Waals surface area contributed by atoms with Crippen LogP contribution in [-0.2, 0) is 13.0 Å². The van der Waals surface area contributed by atoms with E-state index in [9.17, 15) is 0 Å². The molecule has 1 aliphatic rings. The maximum Gasteiger partial charge on any atom is 0.225 e. The Morgan fingerprint density at radius 1 is 1.17 bits per heavy atom. The largest absolute Gasteiger partial charge is 0.370 e. The van der Waals surface area contributed by atoms with E-state index in [0.717, 1.165) is 48.6 Å². The summed E-state index contributed by atoms with van der Waals surface area (Å²) in [7, 11) is 0. The molecule has 0 unspecified atom stereocenters. The Hall–Kier alpha value is -2.29. The average molecular weight is 332 g/mol. The first kappa shape index (κ1) is 15.6. The smallest absolute Gasteiger partial charge is 0.225 e. The number of rotatable bonds is 4. The number of piperazine rings is 1. The highest BCUT2D eigenvalue weighted by atomic mass is 32.1. The quantitative estimate of drug-likeness (QED) is 0.644. The highest BCUT2D eigenvalue weighted by Crippen LogP contribution is 2.12. The van der Waals surface area contributed by atoms with Crippen molar-refractivity contribution in [3.05, 3.63) is 28.5 Å². The molecule has 0 bridgehead atoms. The number of aromatic nitrogens is 4. The van der Waals surface area contributed by atoms with Gasteiger partial charge in [0.1, 0.15) is 10.0 Å². The second kappa shape index (κ2) is 7.32. The lowest BCUT2D eigenvalue weighted by atomic mass is 10.3. The highest BCUT2D eigenvalue weighted by Gasteiger charge is 2.19. The van der Waals surface area contributed by atoms with Gasteiger partial charge in [-0.25, -0.2) is 15.0 Å². The Balaban J connectivity index is 1.53. The van der Waals surface area contributed by atoms with Crippen LogP contribution in [0.1, 0.15) is 16.9 Å². The number of hydrogen-bond donors (Lipinski definition) is 1. The molecule has 122 valence electrons. The summed E-state index contributed by atoms with van der Waals surface area (Å²) in [5, 5.41) is 10.1. The molecule has 1 fully saturated rings. The SMILES string of the molecule is CCc1nnc(CN=C(N)N2CCN(c3ncccn3)CC2)s1. The summed E-state index contributed by atoms with van der Waals surface area (Å²) in [5.74, 6) is 1.33. The minimum absolute atomic E-state index is 0.492. The lowest BCUT2D eigenvalue weighted by Gasteiger charge is -2.35. The standard InChI is InChI=1S/C14H20N8S/c1-2-11-19-20-12(23-11)10-18-13(15)21-6-8-22(9-7-21)14-16-4-3-5-17-14/h3-5H,2,6-10H2,1H3,(H2,15,18). The van der Waals surface area contributed by atoms with Crippen molar-refractivity contribution >= 4 is 23.2 Å². The van der Waals surface area contributed by atoms with Crippen LogP contribution < -0.4 is 10.6 Å². The van der Waals surface area contributed by atoms with E-state index in [1.54, 1.807) is 23.7 Å². The summed E-state index contributed by atoms with van der Waals surface area (Å²) < 4.78 is 0. The molecule has 1 aliphatic heterocycles. The summed E-state index contributed by atoms with van der Waals surface area (Å²) in [6.45, 7) is 5.84. The van der Waals surface area contributed by atoms with Crippen LogP contribution in [0.3, 0.4) is 0 Å². The fraction of sp³-hybridized carbons (Fsp3) is 0.500. The van der Waals surface area contributed by atoms with E-state index in [1.165, 1.54) is 0 Å². The van der Waals surface area contributed by atoms with Gasteiger partial charge in [-0.2, -0.15) is 0 Å². The van der Waals surface area contributed by atoms with Crippen molar-refractivity contribution in [2.45, 2.75) is 19.9 Å². The zero-order chi connectivity index (χ0) is 16.1. The van der Waals surface area contributed by atoms with Gasteiger partial charge in [-0.15, -0.1) is 10.2 Å². The monoisotopic (exact) mass is 332 g/mol. The molecule has 0 aromatic carbocycles. The average Bonchev–Trinajstić information content (AvgIpc) is 3.09. The fourth-order valence-corrected chi connectivity index (χ4v) is 3.04. The van der Waals surface area contributed by atoms with Crippen molar-refractivity contribution in [1.29, 1.82) is 0 Å². The molecule has 3 heterocycles. The molecule has 9 heteroatoms. The fourth-order valence-electron chi connectivity index (χ4n) is 2.33. The van der Waals surface area contributed by atoms with Crippen molar-refractivity contribution < 1.29 is 0 Å². The van der Waals surface area contributed by atoms with Gasteiger partial charge in [-0.3, -0.25) is 0 Å². The molecule has 8 nitrogen and oxygen atoms in total. The molecule has 0 spiro atoms. The van der Waals surface area contributed by atoms with Gasteiger partial charge in [-0.1, -0.05) is 18.3 Å². The topological polar surface area (TPSA) is 96.4 Å². The van der Waals surface area contributed by atoms with Gasteiger partial charge >= 0.3 is 0 Å². The number of guanidine groups is 1. The Morgan fingerprint density at radius 3 is 2.52 bits per heavy atom. The van der Waals surface area contributed by atoms with Crippen LogP contribution in [0.5, 0.6) is 0 Å². The van der Waals surface area contributed by atoms with Crippen LogP contribution >= 0.6 is 11.3 Å². The van der Waals surface area contributed by atoms with Crippen molar-refractivity contribution in [3.8, 4) is 0 Å². The van der Waals surface area contributed by atoms with Crippen LogP contribution in [0.25, 0.3) is 0 Å². The number of hydrogen-bond acceptors (Lipinski definition) is 7. The van der Waals surface area contributed by atoms with Crippen LogP contribution in [-0.4, -0.2) is 57.2 Å². The highest BCUT2D eigenvalue weighted by molar-refractivity contribution is 7.11. The first-order valence-corrected chi connectivity index (χ1v) is 8.46. The Bertz CT molecular complexity index is 648. The van der Waals surface area contributed by atoms with Crippen LogP contribution in [0.4, 0.5) is 5.95 Å². The van der Waals surface area contributed by atoms with E-state index in [1.807, 2.05) is 6.07 Å². The normalized spacial score (nSPS) is 16.0. The molecule has 0 aliphatic carbocycles. The molecule has 1 saturated heterocycles. The number of anilines is 1. The zero-order valence-electron chi connectivity index (χ0n) is 13.1. The van der Waals surface area contributed by atoms with E-state index < -0.39 is 0 Å². The van der Waals surface area contributed by atoms with Crippen LogP contribution in [0.15, 0.2) is 23.5 Å². The lowest BCUT2D eigenvalue weighted by molar-refractivity contribution is 0.378. The second-order valence-electron chi connectivity index (χ2n) is 5.14. The van der Waals surface area contributed by atoms with Gasteiger partial charge in [0, 0.05) is 38.6 Å². The molecule has 0 saturated carbocycles. The van der Waals surface area contributed by atoms with Crippen LogP contribution in [0, 0.1) is 0 Å². The molecule has 0 atom stereocenters. The number of aliphatic imine (C=N–C) groups is 1. The summed E-state index contributed by atoms with van der Waals surface area (Å²) >= 11 is 1.59. The molecular weight excluding hydrogens is 312 g/mol. The number of nitrogens with zero attached hydrogens (tertiary/aromatic N) is 7. The molecule has 2 aromatic rings. The molecule has 2 aromatic heterocycles. The molecular formula is C14H20N8S. The van der Waals surface area contributed by atoms with Gasteiger partial charge in [0.25, 0.3) is 0 Å². The Morgan fingerprint density at radius 2 is 1.87 bits per heavy atom. The number of nitrogens with two attached hydrogens (primary N) is 1. The van der Waals surface area contributed by atoms with Crippen molar-refractivity contribution in [3.63, 3.8) is 0 Å². The van der Waals surface area contributed by atoms with Crippen molar-refractivity contribution in [2.75, 3.05) is 31.1 Å². The van der Waals surface area contributed by atoms with Gasteiger partial charge in [0.05, 0.1) is 6.54 Å².